The highest BCUT2D eigenvalue weighted by molar-refractivity contribution is 6.05. The summed E-state index contributed by atoms with van der Waals surface area (Å²) < 4.78 is 14.6. The summed E-state index contributed by atoms with van der Waals surface area (Å²) in [7, 11) is 1.34. The fourth-order valence-corrected chi connectivity index (χ4v) is 2.01. The van der Waals surface area contributed by atoms with Crippen molar-refractivity contribution in [2.24, 2.45) is 0 Å². The van der Waals surface area contributed by atoms with Gasteiger partial charge in [-0.3, -0.25) is 14.9 Å². The minimum Gasteiger partial charge on any atom is -0.494 e. The fraction of sp³-hybridized carbons (Fsp3) is 0.176. The Kier molecular flexibility index (Phi) is 6.10. The molecule has 9 nitrogen and oxygen atoms in total. The van der Waals surface area contributed by atoms with Crippen molar-refractivity contribution in [3.05, 3.63) is 58.1 Å². The van der Waals surface area contributed by atoms with Crippen molar-refractivity contribution in [1.82, 2.24) is 0 Å². The number of carbonyl (C=O) groups excluding carboxylic acids is 2. The number of ether oxygens (including phenoxy) is 3. The Hall–Kier alpha value is -3.62. The second-order valence-corrected chi connectivity index (χ2v) is 4.91. The summed E-state index contributed by atoms with van der Waals surface area (Å²) in [6.07, 6.45) is -0.833. The summed E-state index contributed by atoms with van der Waals surface area (Å²) in [5.41, 5.74) is 0.428. The SMILES string of the molecule is CCOC(=O)Oc1ccc(C(=O)Nc2ccc([N+](=O)[O-])cc2OC)cc1. The number of carbonyl (C=O) groups is 2. The molecule has 136 valence electrons. The summed E-state index contributed by atoms with van der Waals surface area (Å²) in [5, 5.41) is 13.4. The first-order valence-corrected chi connectivity index (χ1v) is 7.53. The van der Waals surface area contributed by atoms with Gasteiger partial charge in [0.2, 0.25) is 0 Å². The van der Waals surface area contributed by atoms with Crippen molar-refractivity contribution in [3.8, 4) is 11.5 Å². The zero-order chi connectivity index (χ0) is 19.1. The van der Waals surface area contributed by atoms with E-state index in [1.54, 1.807) is 6.92 Å². The molecule has 0 saturated carbocycles. The van der Waals surface area contributed by atoms with Crippen LogP contribution in [0.1, 0.15) is 17.3 Å². The smallest absolute Gasteiger partial charge is 0.494 e. The van der Waals surface area contributed by atoms with Gasteiger partial charge in [-0.2, -0.15) is 0 Å². The van der Waals surface area contributed by atoms with Crippen molar-refractivity contribution < 1.29 is 28.7 Å². The maximum Gasteiger partial charge on any atom is 0.513 e. The lowest BCUT2D eigenvalue weighted by molar-refractivity contribution is -0.384. The first-order chi connectivity index (χ1) is 12.4. The van der Waals surface area contributed by atoms with Crippen LogP contribution < -0.4 is 14.8 Å². The Bertz CT molecular complexity index is 818. The number of methoxy groups -OCH3 is 1. The van der Waals surface area contributed by atoms with Gasteiger partial charge < -0.3 is 19.5 Å². The number of non-ortho nitro benzene ring substituents is 1. The molecule has 0 aromatic heterocycles. The normalized spacial score (nSPS) is 9.92. The Morgan fingerprint density at radius 2 is 1.85 bits per heavy atom. The van der Waals surface area contributed by atoms with Crippen LogP contribution >= 0.6 is 0 Å². The molecule has 9 heteroatoms. The van der Waals surface area contributed by atoms with E-state index in [4.69, 9.17) is 9.47 Å². The molecule has 0 atom stereocenters. The first kappa shape index (κ1) is 18.7. The molecule has 2 aromatic carbocycles. The zero-order valence-corrected chi connectivity index (χ0v) is 14.1. The summed E-state index contributed by atoms with van der Waals surface area (Å²) in [6, 6.07) is 9.66. The largest absolute Gasteiger partial charge is 0.513 e. The maximum atomic E-state index is 12.3. The molecule has 1 amide bonds. The third-order valence-corrected chi connectivity index (χ3v) is 3.22. The molecular weight excluding hydrogens is 344 g/mol. The van der Waals surface area contributed by atoms with E-state index < -0.39 is 17.0 Å². The Morgan fingerprint density at radius 3 is 2.42 bits per heavy atom. The summed E-state index contributed by atoms with van der Waals surface area (Å²) in [6.45, 7) is 1.84. The van der Waals surface area contributed by atoms with E-state index in [2.05, 4.69) is 10.1 Å². The lowest BCUT2D eigenvalue weighted by Crippen LogP contribution is -2.13. The van der Waals surface area contributed by atoms with Crippen LogP contribution in [0.4, 0.5) is 16.2 Å². The van der Waals surface area contributed by atoms with E-state index in [1.165, 1.54) is 49.6 Å². The minimum atomic E-state index is -0.833. The molecule has 0 unspecified atom stereocenters. The van der Waals surface area contributed by atoms with E-state index in [0.29, 0.717) is 5.56 Å². The Labute approximate surface area is 148 Å². The molecule has 26 heavy (non-hydrogen) atoms. The molecular formula is C17H16N2O7. The molecule has 0 aliphatic carbocycles. The second kappa shape index (κ2) is 8.47. The van der Waals surface area contributed by atoms with Crippen molar-refractivity contribution in [2.75, 3.05) is 19.0 Å². The van der Waals surface area contributed by atoms with E-state index in [-0.39, 0.29) is 29.5 Å². The maximum absolute atomic E-state index is 12.3. The number of benzene rings is 2. The van der Waals surface area contributed by atoms with Crippen LogP contribution in [0.5, 0.6) is 11.5 Å². The van der Waals surface area contributed by atoms with E-state index >= 15 is 0 Å². The molecule has 0 radical (unpaired) electrons. The molecule has 2 rings (SSSR count). The zero-order valence-electron chi connectivity index (χ0n) is 14.1. The predicted molar refractivity (Wildman–Crippen MR) is 91.7 cm³/mol. The number of hydrogen-bond donors (Lipinski definition) is 1. The fourth-order valence-electron chi connectivity index (χ4n) is 2.01. The van der Waals surface area contributed by atoms with Gasteiger partial charge in [-0.15, -0.1) is 0 Å². The van der Waals surface area contributed by atoms with Gasteiger partial charge >= 0.3 is 6.16 Å². The van der Waals surface area contributed by atoms with Crippen LogP contribution in [-0.4, -0.2) is 30.7 Å². The number of nitrogens with zero attached hydrogens (tertiary/aromatic N) is 1. The molecule has 0 saturated heterocycles. The van der Waals surface area contributed by atoms with Crippen LogP contribution in [0.25, 0.3) is 0 Å². The van der Waals surface area contributed by atoms with Gasteiger partial charge in [-0.25, -0.2) is 4.79 Å². The molecule has 0 bridgehead atoms. The third-order valence-electron chi connectivity index (χ3n) is 3.22. The molecule has 0 spiro atoms. The van der Waals surface area contributed by atoms with E-state index in [9.17, 15) is 19.7 Å². The molecule has 2 aromatic rings. The lowest BCUT2D eigenvalue weighted by Gasteiger charge is -2.10. The monoisotopic (exact) mass is 360 g/mol. The highest BCUT2D eigenvalue weighted by Crippen LogP contribution is 2.29. The Balaban J connectivity index is 2.10. The summed E-state index contributed by atoms with van der Waals surface area (Å²) in [4.78, 5) is 33.8. The van der Waals surface area contributed by atoms with Crippen molar-refractivity contribution in [2.45, 2.75) is 6.92 Å². The van der Waals surface area contributed by atoms with Gasteiger partial charge in [-0.05, 0) is 37.3 Å². The summed E-state index contributed by atoms with van der Waals surface area (Å²) in [5.74, 6) is -0.0671. The van der Waals surface area contributed by atoms with Gasteiger partial charge in [0.15, 0.2) is 0 Å². The molecule has 0 aliphatic rings. The number of rotatable bonds is 6. The number of nitrogens with one attached hydrogen (secondary N) is 1. The topological polar surface area (TPSA) is 117 Å². The second-order valence-electron chi connectivity index (χ2n) is 4.91. The quantitative estimate of drug-likeness (QED) is 0.363. The highest BCUT2D eigenvalue weighted by atomic mass is 16.7. The molecule has 1 N–H and O–H groups in total. The number of hydrogen-bond acceptors (Lipinski definition) is 7. The minimum absolute atomic E-state index is 0.152. The number of nitro benzene ring substituents is 1. The van der Waals surface area contributed by atoms with Crippen LogP contribution in [0.15, 0.2) is 42.5 Å². The number of nitro groups is 1. The Morgan fingerprint density at radius 1 is 1.15 bits per heavy atom. The van der Waals surface area contributed by atoms with E-state index in [1.807, 2.05) is 0 Å². The van der Waals surface area contributed by atoms with Crippen LogP contribution in [0, 0.1) is 10.1 Å². The standard InChI is InChI=1S/C17H16N2O7/c1-3-25-17(21)26-13-7-4-11(5-8-13)16(20)18-14-9-6-12(19(22)23)10-15(14)24-2/h4-10H,3H2,1-2H3,(H,18,20). The molecule has 0 fully saturated rings. The average Bonchev–Trinajstić information content (AvgIpc) is 2.62. The van der Waals surface area contributed by atoms with Gasteiger partial charge in [0.05, 0.1) is 30.4 Å². The van der Waals surface area contributed by atoms with Crippen molar-refractivity contribution in [3.63, 3.8) is 0 Å². The molecule has 0 aliphatic heterocycles. The third kappa shape index (κ3) is 4.69. The van der Waals surface area contributed by atoms with Gasteiger partial charge in [0.1, 0.15) is 11.5 Å². The number of anilines is 1. The molecule has 0 heterocycles. The van der Waals surface area contributed by atoms with Gasteiger partial charge in [-0.1, -0.05) is 0 Å². The van der Waals surface area contributed by atoms with Crippen LogP contribution in [-0.2, 0) is 4.74 Å². The average molecular weight is 360 g/mol. The lowest BCUT2D eigenvalue weighted by atomic mass is 10.2. The van der Waals surface area contributed by atoms with Crippen molar-refractivity contribution in [1.29, 1.82) is 0 Å². The number of amides is 1. The van der Waals surface area contributed by atoms with Gasteiger partial charge in [0, 0.05) is 11.6 Å². The first-order valence-electron chi connectivity index (χ1n) is 7.53. The summed E-state index contributed by atoms with van der Waals surface area (Å²) >= 11 is 0. The van der Waals surface area contributed by atoms with Crippen LogP contribution in [0.3, 0.4) is 0 Å². The van der Waals surface area contributed by atoms with Gasteiger partial charge in [0.25, 0.3) is 11.6 Å². The predicted octanol–water partition coefficient (Wildman–Crippen LogP) is 3.39. The van der Waals surface area contributed by atoms with E-state index in [0.717, 1.165) is 0 Å². The highest BCUT2D eigenvalue weighted by Gasteiger charge is 2.14. The van der Waals surface area contributed by atoms with Crippen LogP contribution in [0.2, 0.25) is 0 Å². The van der Waals surface area contributed by atoms with Crippen molar-refractivity contribution >= 4 is 23.4 Å².